The largest absolute Gasteiger partial charge is 0.346 e. The molecule has 20 heavy (non-hydrogen) atoms. The van der Waals surface area contributed by atoms with Gasteiger partial charge in [0.2, 0.25) is 0 Å². The molecular weight excluding hydrogens is 354 g/mol. The van der Waals surface area contributed by atoms with Gasteiger partial charge in [-0.05, 0) is 22.0 Å². The number of nitrogens with zero attached hydrogens (tertiary/aromatic N) is 2. The number of anilines is 1. The van der Waals surface area contributed by atoms with E-state index in [1.54, 1.807) is 22.7 Å². The third-order valence-electron chi connectivity index (χ3n) is 2.92. The molecule has 0 aliphatic rings. The maximum atomic E-state index is 5.86. The summed E-state index contributed by atoms with van der Waals surface area (Å²) in [6.07, 6.45) is 0. The highest BCUT2D eigenvalue weighted by Gasteiger charge is 2.23. The van der Waals surface area contributed by atoms with Gasteiger partial charge < -0.3 is 10.6 Å². The Kier molecular flexibility index (Phi) is 4.89. The van der Waals surface area contributed by atoms with E-state index in [1.165, 1.54) is 9.75 Å². The highest BCUT2D eigenvalue weighted by atomic mass is 79.9. The number of hydrogen-bond acceptors (Lipinski definition) is 5. The van der Waals surface area contributed by atoms with E-state index in [0.717, 1.165) is 21.8 Å². The van der Waals surface area contributed by atoms with Crippen LogP contribution in [0.3, 0.4) is 0 Å². The first-order valence-corrected chi connectivity index (χ1v) is 8.94. The average Bonchev–Trinajstić information content (AvgIpc) is 2.94. The van der Waals surface area contributed by atoms with Crippen LogP contribution in [0.2, 0.25) is 0 Å². The molecule has 0 aliphatic heterocycles. The van der Waals surface area contributed by atoms with Crippen molar-refractivity contribution >= 4 is 43.7 Å². The Morgan fingerprint density at radius 2 is 2.10 bits per heavy atom. The van der Waals surface area contributed by atoms with Crippen LogP contribution in [0, 0.1) is 0 Å². The van der Waals surface area contributed by atoms with Crippen LogP contribution in [0.1, 0.15) is 36.2 Å². The van der Waals surface area contributed by atoms with Gasteiger partial charge in [0.05, 0.1) is 12.2 Å². The number of rotatable bonds is 4. The maximum Gasteiger partial charge on any atom is 0.185 e. The van der Waals surface area contributed by atoms with Gasteiger partial charge in [-0.25, -0.2) is 4.98 Å². The molecule has 0 saturated heterocycles. The van der Waals surface area contributed by atoms with Gasteiger partial charge in [0.1, 0.15) is 0 Å². The lowest BCUT2D eigenvalue weighted by Gasteiger charge is -2.17. The second-order valence-electron chi connectivity index (χ2n) is 5.81. The summed E-state index contributed by atoms with van der Waals surface area (Å²) in [7, 11) is 2.08. The molecule has 0 fully saturated rings. The van der Waals surface area contributed by atoms with Crippen molar-refractivity contribution in [3.63, 3.8) is 0 Å². The predicted molar refractivity (Wildman–Crippen MR) is 92.8 cm³/mol. The lowest BCUT2D eigenvalue weighted by atomic mass is 9.91. The van der Waals surface area contributed by atoms with Crippen molar-refractivity contribution in [3.05, 3.63) is 31.4 Å². The zero-order chi connectivity index (χ0) is 14.9. The molecule has 0 spiro atoms. The third-order valence-corrected chi connectivity index (χ3v) is 5.80. The van der Waals surface area contributed by atoms with Crippen LogP contribution < -0.4 is 10.6 Å². The van der Waals surface area contributed by atoms with Gasteiger partial charge in [-0.3, -0.25) is 0 Å². The lowest BCUT2D eigenvalue weighted by Crippen LogP contribution is -2.18. The molecule has 2 aromatic rings. The van der Waals surface area contributed by atoms with Gasteiger partial charge in [0.25, 0.3) is 0 Å². The molecule has 0 saturated carbocycles. The van der Waals surface area contributed by atoms with E-state index < -0.39 is 0 Å². The highest BCUT2D eigenvalue weighted by Crippen LogP contribution is 2.34. The van der Waals surface area contributed by atoms with Crippen molar-refractivity contribution in [2.75, 3.05) is 11.9 Å². The highest BCUT2D eigenvalue weighted by molar-refractivity contribution is 9.10. The number of thiophene rings is 1. The van der Waals surface area contributed by atoms with Crippen LogP contribution in [0.25, 0.3) is 0 Å². The molecule has 2 aromatic heterocycles. The number of halogens is 1. The van der Waals surface area contributed by atoms with Gasteiger partial charge >= 0.3 is 0 Å². The van der Waals surface area contributed by atoms with Crippen molar-refractivity contribution < 1.29 is 0 Å². The minimum atomic E-state index is 0.0379. The molecule has 0 aliphatic carbocycles. The second kappa shape index (κ2) is 6.13. The molecule has 2 rings (SSSR count). The topological polar surface area (TPSA) is 42.2 Å². The van der Waals surface area contributed by atoms with Crippen LogP contribution in [0.5, 0.6) is 0 Å². The summed E-state index contributed by atoms with van der Waals surface area (Å²) in [6, 6.07) is 2.16. The fourth-order valence-corrected chi connectivity index (χ4v) is 4.58. The van der Waals surface area contributed by atoms with Crippen LogP contribution in [0.4, 0.5) is 5.13 Å². The summed E-state index contributed by atoms with van der Waals surface area (Å²) in [5.74, 6) is 0. The van der Waals surface area contributed by atoms with E-state index in [1.807, 2.05) is 0 Å². The summed E-state index contributed by atoms with van der Waals surface area (Å²) in [6.45, 7) is 7.98. The summed E-state index contributed by atoms with van der Waals surface area (Å²) < 4.78 is 1.14. The van der Waals surface area contributed by atoms with Crippen molar-refractivity contribution in [3.8, 4) is 0 Å². The van der Waals surface area contributed by atoms with Gasteiger partial charge in [-0.1, -0.05) is 20.8 Å². The van der Waals surface area contributed by atoms with Gasteiger partial charge in [0, 0.05) is 38.6 Å². The smallest absolute Gasteiger partial charge is 0.185 e. The first-order chi connectivity index (χ1) is 9.31. The van der Waals surface area contributed by atoms with Crippen molar-refractivity contribution in [1.82, 2.24) is 4.98 Å². The van der Waals surface area contributed by atoms with E-state index in [9.17, 15) is 0 Å². The monoisotopic (exact) mass is 373 g/mol. The fraction of sp³-hybridized carbons (Fsp3) is 0.500. The molecule has 0 radical (unpaired) electrons. The molecule has 3 nitrogen and oxygen atoms in total. The molecular formula is C14H20BrN3S2. The molecule has 0 bridgehead atoms. The SMILES string of the molecule is CN(Cc1cc(Br)cs1)c1nc(C(C)(C)C)c(CN)s1. The number of thiazole rings is 1. The molecule has 2 heterocycles. The zero-order valence-corrected chi connectivity index (χ0v) is 15.5. The van der Waals surface area contributed by atoms with Gasteiger partial charge in [0.15, 0.2) is 5.13 Å². The maximum absolute atomic E-state index is 5.86. The lowest BCUT2D eigenvalue weighted by molar-refractivity contribution is 0.566. The summed E-state index contributed by atoms with van der Waals surface area (Å²) >= 11 is 6.96. The second-order valence-corrected chi connectivity index (χ2v) is 8.78. The predicted octanol–water partition coefficient (Wildman–Crippen LogP) is 4.36. The zero-order valence-electron chi connectivity index (χ0n) is 12.2. The van der Waals surface area contributed by atoms with E-state index in [-0.39, 0.29) is 5.41 Å². The van der Waals surface area contributed by atoms with Crippen molar-refractivity contribution in [1.29, 1.82) is 0 Å². The van der Waals surface area contributed by atoms with Crippen LogP contribution in [-0.4, -0.2) is 12.0 Å². The number of hydrogen-bond donors (Lipinski definition) is 1. The minimum Gasteiger partial charge on any atom is -0.346 e. The van der Waals surface area contributed by atoms with Crippen LogP contribution in [0.15, 0.2) is 15.9 Å². The summed E-state index contributed by atoms with van der Waals surface area (Å²) in [5, 5.41) is 3.15. The van der Waals surface area contributed by atoms with Crippen LogP contribution in [-0.2, 0) is 18.5 Å². The van der Waals surface area contributed by atoms with Crippen molar-refractivity contribution in [2.45, 2.75) is 39.3 Å². The van der Waals surface area contributed by atoms with Gasteiger partial charge in [-0.15, -0.1) is 22.7 Å². The van der Waals surface area contributed by atoms with E-state index in [4.69, 9.17) is 10.7 Å². The third kappa shape index (κ3) is 3.61. The Morgan fingerprint density at radius 3 is 2.55 bits per heavy atom. The number of nitrogens with two attached hydrogens (primary N) is 1. The molecule has 110 valence electrons. The van der Waals surface area contributed by atoms with Gasteiger partial charge in [-0.2, -0.15) is 0 Å². The summed E-state index contributed by atoms with van der Waals surface area (Å²) in [5.41, 5.74) is 7.03. The average molecular weight is 374 g/mol. The first-order valence-electron chi connectivity index (χ1n) is 6.45. The quantitative estimate of drug-likeness (QED) is 0.865. The molecule has 0 unspecified atom stereocenters. The minimum absolute atomic E-state index is 0.0379. The van der Waals surface area contributed by atoms with E-state index in [2.05, 4.69) is 60.1 Å². The normalized spacial score (nSPS) is 11.9. The Morgan fingerprint density at radius 1 is 1.40 bits per heavy atom. The molecule has 0 aromatic carbocycles. The number of aromatic nitrogens is 1. The first kappa shape index (κ1) is 15.9. The molecule has 2 N–H and O–H groups in total. The Hall–Kier alpha value is -0.430. The summed E-state index contributed by atoms with van der Waals surface area (Å²) in [4.78, 5) is 9.51. The molecule has 6 heteroatoms. The fourth-order valence-electron chi connectivity index (χ4n) is 1.97. The standard InChI is InChI=1S/C14H20BrN3S2/c1-14(2,3)12-11(6-16)20-13(17-12)18(4)7-10-5-9(15)8-19-10/h5,8H,6-7,16H2,1-4H3. The van der Waals surface area contributed by atoms with Crippen LogP contribution >= 0.6 is 38.6 Å². The Labute approximate surface area is 137 Å². The Bertz CT molecular complexity index is 583. The van der Waals surface area contributed by atoms with E-state index in [0.29, 0.717) is 6.54 Å². The van der Waals surface area contributed by atoms with E-state index >= 15 is 0 Å². The molecule has 0 atom stereocenters. The Balaban J connectivity index is 2.22. The molecule has 0 amide bonds. The van der Waals surface area contributed by atoms with Crippen molar-refractivity contribution in [2.24, 2.45) is 5.73 Å².